The Morgan fingerprint density at radius 1 is 1.32 bits per heavy atom. The van der Waals surface area contributed by atoms with Crippen LogP contribution < -0.4 is 11.3 Å². The highest BCUT2D eigenvalue weighted by atomic mass is 32.2. The third kappa shape index (κ3) is 3.72. The van der Waals surface area contributed by atoms with Gasteiger partial charge in [-0.1, -0.05) is 45.0 Å². The molecule has 2 unspecified atom stereocenters. The molecule has 2 rings (SSSR count). The minimum Gasteiger partial charge on any atom is -0.374 e. The van der Waals surface area contributed by atoms with E-state index >= 15 is 0 Å². The first-order chi connectivity index (χ1) is 9.02. The summed E-state index contributed by atoms with van der Waals surface area (Å²) in [5, 5.41) is 0. The number of hydrogen-bond acceptors (Lipinski definition) is 4. The Kier molecular flexibility index (Phi) is 4.90. The van der Waals surface area contributed by atoms with Gasteiger partial charge >= 0.3 is 0 Å². The van der Waals surface area contributed by atoms with E-state index in [1.165, 1.54) is 11.1 Å². The van der Waals surface area contributed by atoms with Crippen molar-refractivity contribution in [3.63, 3.8) is 0 Å². The average molecular weight is 280 g/mol. The van der Waals surface area contributed by atoms with Crippen molar-refractivity contribution in [2.45, 2.75) is 38.3 Å². The molecule has 1 aliphatic heterocycles. The molecule has 1 saturated heterocycles. The fourth-order valence-corrected chi connectivity index (χ4v) is 3.21. The van der Waals surface area contributed by atoms with Crippen LogP contribution in [0.15, 0.2) is 24.3 Å². The minimum atomic E-state index is 0.0711. The van der Waals surface area contributed by atoms with Crippen molar-refractivity contribution in [3.05, 3.63) is 35.4 Å². The Hall–Kier alpha value is -0.550. The molecule has 106 valence electrons. The smallest absolute Gasteiger partial charge is 0.0873 e. The lowest BCUT2D eigenvalue weighted by Crippen LogP contribution is -2.41. The van der Waals surface area contributed by atoms with E-state index < -0.39 is 0 Å². The number of rotatable bonds is 3. The van der Waals surface area contributed by atoms with Gasteiger partial charge in [-0.25, -0.2) is 0 Å². The highest BCUT2D eigenvalue weighted by Gasteiger charge is 2.25. The highest BCUT2D eigenvalue weighted by molar-refractivity contribution is 7.99. The van der Waals surface area contributed by atoms with Gasteiger partial charge in [-0.2, -0.15) is 11.8 Å². The second-order valence-corrected chi connectivity index (χ2v) is 7.15. The Labute approximate surface area is 120 Å². The van der Waals surface area contributed by atoms with E-state index in [1.54, 1.807) is 0 Å². The Bertz CT molecular complexity index is 394. The summed E-state index contributed by atoms with van der Waals surface area (Å²) in [6.07, 6.45) is 0.157. The molecule has 0 amide bonds. The summed E-state index contributed by atoms with van der Waals surface area (Å²) in [7, 11) is 0. The summed E-state index contributed by atoms with van der Waals surface area (Å²) in [4.78, 5) is 0. The van der Waals surface area contributed by atoms with Crippen molar-refractivity contribution in [3.8, 4) is 0 Å². The van der Waals surface area contributed by atoms with Crippen LogP contribution in [-0.2, 0) is 10.2 Å². The zero-order chi connectivity index (χ0) is 13.9. The van der Waals surface area contributed by atoms with Gasteiger partial charge < -0.3 is 4.74 Å². The molecule has 1 aliphatic rings. The molecule has 1 aromatic carbocycles. The number of hydrazine groups is 1. The van der Waals surface area contributed by atoms with Gasteiger partial charge in [0.1, 0.15) is 0 Å². The Morgan fingerprint density at radius 2 is 2.00 bits per heavy atom. The van der Waals surface area contributed by atoms with Gasteiger partial charge in [0.2, 0.25) is 0 Å². The van der Waals surface area contributed by atoms with Crippen LogP contribution in [0.2, 0.25) is 0 Å². The molecule has 0 spiro atoms. The highest BCUT2D eigenvalue weighted by Crippen LogP contribution is 2.28. The Balaban J connectivity index is 2.14. The molecule has 3 nitrogen and oxygen atoms in total. The van der Waals surface area contributed by atoms with E-state index in [9.17, 15) is 0 Å². The molecule has 1 fully saturated rings. The van der Waals surface area contributed by atoms with Gasteiger partial charge in [-0.3, -0.25) is 11.3 Å². The fraction of sp³-hybridized carbons (Fsp3) is 0.600. The lowest BCUT2D eigenvalue weighted by atomic mass is 9.86. The van der Waals surface area contributed by atoms with E-state index in [1.807, 2.05) is 11.8 Å². The molecule has 0 aliphatic carbocycles. The molecule has 1 heterocycles. The van der Waals surface area contributed by atoms with Crippen molar-refractivity contribution >= 4 is 11.8 Å². The van der Waals surface area contributed by atoms with Gasteiger partial charge in [0.15, 0.2) is 0 Å². The van der Waals surface area contributed by atoms with Gasteiger partial charge in [0, 0.05) is 11.5 Å². The average Bonchev–Trinajstić information content (AvgIpc) is 2.40. The molecule has 3 N–H and O–H groups in total. The largest absolute Gasteiger partial charge is 0.374 e. The standard InChI is InChI=1S/C15H24N2OS/c1-15(2,3)12-6-4-11(5-7-12)14(17-16)13-10-19-9-8-18-13/h4-7,13-14,17H,8-10,16H2,1-3H3. The number of nitrogens with two attached hydrogens (primary N) is 1. The zero-order valence-corrected chi connectivity index (χ0v) is 12.8. The predicted octanol–water partition coefficient (Wildman–Crippen LogP) is 2.62. The monoisotopic (exact) mass is 280 g/mol. The maximum absolute atomic E-state index is 5.82. The fourth-order valence-electron chi connectivity index (χ4n) is 2.31. The molecule has 0 saturated carbocycles. The van der Waals surface area contributed by atoms with Crippen molar-refractivity contribution < 1.29 is 4.74 Å². The van der Waals surface area contributed by atoms with Crippen LogP contribution >= 0.6 is 11.8 Å². The number of ether oxygens (including phenoxy) is 1. The first kappa shape index (κ1) is 14.9. The van der Waals surface area contributed by atoms with Crippen LogP contribution in [0.25, 0.3) is 0 Å². The summed E-state index contributed by atoms with van der Waals surface area (Å²) < 4.78 is 5.82. The number of hydrogen-bond donors (Lipinski definition) is 2. The third-order valence-corrected chi connectivity index (χ3v) is 4.55. The molecule has 19 heavy (non-hydrogen) atoms. The van der Waals surface area contributed by atoms with E-state index in [-0.39, 0.29) is 17.6 Å². The molecular weight excluding hydrogens is 256 g/mol. The SMILES string of the molecule is CC(C)(C)c1ccc(C(NN)C2CSCCO2)cc1. The van der Waals surface area contributed by atoms with Gasteiger partial charge in [-0.15, -0.1) is 0 Å². The zero-order valence-electron chi connectivity index (χ0n) is 12.0. The normalized spacial score (nSPS) is 22.2. The van der Waals surface area contributed by atoms with Gasteiger partial charge in [0.05, 0.1) is 18.8 Å². The molecule has 4 heteroatoms. The van der Waals surface area contributed by atoms with Gasteiger partial charge in [-0.05, 0) is 16.5 Å². The van der Waals surface area contributed by atoms with Crippen LogP contribution in [0.5, 0.6) is 0 Å². The third-order valence-electron chi connectivity index (χ3n) is 3.53. The van der Waals surface area contributed by atoms with E-state index in [2.05, 4.69) is 50.5 Å². The van der Waals surface area contributed by atoms with Crippen LogP contribution in [0.1, 0.15) is 37.9 Å². The summed E-state index contributed by atoms with van der Waals surface area (Å²) in [6.45, 7) is 7.48. The predicted molar refractivity (Wildman–Crippen MR) is 82.3 cm³/mol. The molecule has 0 radical (unpaired) electrons. The maximum atomic E-state index is 5.82. The van der Waals surface area contributed by atoms with Crippen molar-refractivity contribution in [1.82, 2.24) is 5.43 Å². The van der Waals surface area contributed by atoms with Crippen LogP contribution in [0.3, 0.4) is 0 Å². The first-order valence-electron chi connectivity index (χ1n) is 6.78. The number of nitrogens with one attached hydrogen (secondary N) is 1. The quantitative estimate of drug-likeness (QED) is 0.660. The number of thioether (sulfide) groups is 1. The molecular formula is C15H24N2OS. The lowest BCUT2D eigenvalue weighted by molar-refractivity contribution is 0.0468. The summed E-state index contributed by atoms with van der Waals surface area (Å²) >= 11 is 1.93. The number of benzene rings is 1. The summed E-state index contributed by atoms with van der Waals surface area (Å²) in [6, 6.07) is 8.77. The topological polar surface area (TPSA) is 47.3 Å². The molecule has 0 bridgehead atoms. The first-order valence-corrected chi connectivity index (χ1v) is 7.94. The van der Waals surface area contributed by atoms with E-state index in [0.717, 1.165) is 18.1 Å². The van der Waals surface area contributed by atoms with Crippen molar-refractivity contribution in [2.24, 2.45) is 5.84 Å². The van der Waals surface area contributed by atoms with Crippen molar-refractivity contribution in [2.75, 3.05) is 18.1 Å². The van der Waals surface area contributed by atoms with Crippen LogP contribution in [-0.4, -0.2) is 24.2 Å². The minimum absolute atomic E-state index is 0.0711. The van der Waals surface area contributed by atoms with E-state index in [4.69, 9.17) is 10.6 Å². The maximum Gasteiger partial charge on any atom is 0.0873 e. The molecule has 0 aromatic heterocycles. The Morgan fingerprint density at radius 3 is 2.47 bits per heavy atom. The second-order valence-electron chi connectivity index (χ2n) is 6.00. The summed E-state index contributed by atoms with van der Waals surface area (Å²) in [5.74, 6) is 7.80. The van der Waals surface area contributed by atoms with Crippen LogP contribution in [0, 0.1) is 0 Å². The van der Waals surface area contributed by atoms with E-state index in [0.29, 0.717) is 0 Å². The van der Waals surface area contributed by atoms with Gasteiger partial charge in [0.25, 0.3) is 0 Å². The molecule has 2 atom stereocenters. The second kappa shape index (κ2) is 6.27. The van der Waals surface area contributed by atoms with Crippen molar-refractivity contribution in [1.29, 1.82) is 0 Å². The summed E-state index contributed by atoms with van der Waals surface area (Å²) in [5.41, 5.74) is 5.63. The molecule has 1 aromatic rings. The van der Waals surface area contributed by atoms with Crippen LogP contribution in [0.4, 0.5) is 0 Å². The lowest BCUT2D eigenvalue weighted by Gasteiger charge is -2.30.